The molecule has 7 nitrogen and oxygen atoms in total. The maximum atomic E-state index is 13.0. The third-order valence-corrected chi connectivity index (χ3v) is 6.15. The first-order valence-corrected chi connectivity index (χ1v) is 12.2. The Morgan fingerprint density at radius 1 is 1.00 bits per heavy atom. The van der Waals surface area contributed by atoms with Crippen LogP contribution in [-0.4, -0.2) is 46.4 Å². The highest BCUT2D eigenvalue weighted by Gasteiger charge is 2.45. The van der Waals surface area contributed by atoms with Gasteiger partial charge in [0.05, 0.1) is 11.6 Å². The summed E-state index contributed by atoms with van der Waals surface area (Å²) in [5.74, 6) is 0.861. The second kappa shape index (κ2) is 8.95. The van der Waals surface area contributed by atoms with Crippen LogP contribution in [0.4, 0.5) is 4.79 Å². The van der Waals surface area contributed by atoms with Crippen LogP contribution < -0.4 is 0 Å². The lowest BCUT2D eigenvalue weighted by molar-refractivity contribution is -0.159. The average Bonchev–Trinajstić information content (AvgIpc) is 3.20. The first-order chi connectivity index (χ1) is 15.0. The first-order valence-electron chi connectivity index (χ1n) is 12.2. The fourth-order valence-corrected chi connectivity index (χ4v) is 4.87. The van der Waals surface area contributed by atoms with Crippen LogP contribution in [0.25, 0.3) is 0 Å². The topological polar surface area (TPSA) is 81.9 Å². The zero-order chi connectivity index (χ0) is 24.8. The highest BCUT2D eigenvalue weighted by atomic mass is 16.6. The molecule has 1 aliphatic carbocycles. The number of hydrogen-bond donors (Lipinski definition) is 0. The molecule has 186 valence electrons. The van der Waals surface area contributed by atoms with Crippen molar-refractivity contribution in [3.05, 3.63) is 17.5 Å². The summed E-state index contributed by atoms with van der Waals surface area (Å²) in [6.45, 7) is 18.5. The number of carbonyl (C=O) groups is 2. The molecule has 3 rings (SSSR count). The van der Waals surface area contributed by atoms with E-state index in [2.05, 4.69) is 25.9 Å². The van der Waals surface area contributed by atoms with Crippen LogP contribution in [0.15, 0.2) is 10.6 Å². The van der Waals surface area contributed by atoms with Gasteiger partial charge in [0.25, 0.3) is 0 Å². The summed E-state index contributed by atoms with van der Waals surface area (Å²) in [6, 6.07) is 1.98. The number of carbonyl (C=O) groups excluding carboxylic acids is 2. The van der Waals surface area contributed by atoms with Gasteiger partial charge in [-0.3, -0.25) is 4.79 Å². The van der Waals surface area contributed by atoms with E-state index >= 15 is 0 Å². The monoisotopic (exact) mass is 462 g/mol. The van der Waals surface area contributed by atoms with Gasteiger partial charge in [0.2, 0.25) is 0 Å². The Bertz CT molecular complexity index is 849. The summed E-state index contributed by atoms with van der Waals surface area (Å²) in [7, 11) is 0. The summed E-state index contributed by atoms with van der Waals surface area (Å²) in [5, 5.41) is 4.34. The second-order valence-electron chi connectivity index (χ2n) is 13.1. The van der Waals surface area contributed by atoms with E-state index in [4.69, 9.17) is 14.0 Å². The van der Waals surface area contributed by atoms with Crippen LogP contribution in [0.3, 0.4) is 0 Å². The summed E-state index contributed by atoms with van der Waals surface area (Å²) < 4.78 is 16.9. The second-order valence-corrected chi connectivity index (χ2v) is 13.1. The zero-order valence-corrected chi connectivity index (χ0v) is 21.9. The lowest BCUT2D eigenvalue weighted by Gasteiger charge is -2.37. The molecule has 2 heterocycles. The lowest BCUT2D eigenvalue weighted by Crippen LogP contribution is -2.36. The number of ether oxygens (including phenoxy) is 2. The van der Waals surface area contributed by atoms with Crippen molar-refractivity contribution in [2.75, 3.05) is 13.1 Å². The Morgan fingerprint density at radius 3 is 2.15 bits per heavy atom. The van der Waals surface area contributed by atoms with Crippen molar-refractivity contribution in [1.82, 2.24) is 10.1 Å². The normalized spacial score (nSPS) is 26.2. The fourth-order valence-electron chi connectivity index (χ4n) is 4.87. The van der Waals surface area contributed by atoms with Gasteiger partial charge in [-0.1, -0.05) is 25.9 Å². The zero-order valence-electron chi connectivity index (χ0n) is 21.9. The molecule has 1 saturated carbocycles. The van der Waals surface area contributed by atoms with Crippen LogP contribution in [0.1, 0.15) is 105 Å². The lowest BCUT2D eigenvalue weighted by atomic mass is 9.67. The van der Waals surface area contributed by atoms with Gasteiger partial charge in [0.15, 0.2) is 0 Å². The smallest absolute Gasteiger partial charge is 0.410 e. The maximum Gasteiger partial charge on any atom is 0.410 e. The SMILES string of the molecule is CC(C)(C)C[C@H]1C[C@@H](c2cc([C@H]3CN(C(=O)OC(C)(C)C)C[C@@H]3C(=O)OC(C)(C)C)no2)C1. The van der Waals surface area contributed by atoms with Crippen molar-refractivity contribution in [3.8, 4) is 0 Å². The molecule has 1 aromatic rings. The number of aromatic nitrogens is 1. The van der Waals surface area contributed by atoms with E-state index in [-0.39, 0.29) is 18.4 Å². The molecule has 0 unspecified atom stereocenters. The molecule has 2 atom stereocenters. The van der Waals surface area contributed by atoms with Gasteiger partial charge in [0.1, 0.15) is 17.0 Å². The fraction of sp³-hybridized carbons (Fsp3) is 0.808. The van der Waals surface area contributed by atoms with Crippen molar-refractivity contribution in [2.24, 2.45) is 17.3 Å². The highest BCUT2D eigenvalue weighted by Crippen LogP contribution is 2.47. The van der Waals surface area contributed by atoms with Crippen LogP contribution >= 0.6 is 0 Å². The quantitative estimate of drug-likeness (QED) is 0.518. The Labute approximate surface area is 198 Å². The molecule has 0 aromatic carbocycles. The molecule has 0 radical (unpaired) electrons. The summed E-state index contributed by atoms with van der Waals surface area (Å²) in [4.78, 5) is 27.3. The molecule has 33 heavy (non-hydrogen) atoms. The average molecular weight is 463 g/mol. The van der Waals surface area contributed by atoms with E-state index in [1.807, 2.05) is 47.6 Å². The predicted molar refractivity (Wildman–Crippen MR) is 126 cm³/mol. The molecule has 1 saturated heterocycles. The molecular formula is C26H42N2O5. The Kier molecular flexibility index (Phi) is 6.94. The molecule has 1 aliphatic heterocycles. The Balaban J connectivity index is 1.73. The van der Waals surface area contributed by atoms with Gasteiger partial charge in [0, 0.05) is 31.0 Å². The number of nitrogens with zero attached hydrogens (tertiary/aromatic N) is 2. The van der Waals surface area contributed by atoms with Gasteiger partial charge < -0.3 is 18.9 Å². The molecule has 7 heteroatoms. The van der Waals surface area contributed by atoms with Crippen molar-refractivity contribution in [1.29, 1.82) is 0 Å². The Hall–Kier alpha value is -2.05. The molecule has 2 fully saturated rings. The summed E-state index contributed by atoms with van der Waals surface area (Å²) in [6.07, 6.45) is 3.00. The molecule has 0 N–H and O–H groups in total. The largest absolute Gasteiger partial charge is 0.460 e. The highest BCUT2D eigenvalue weighted by molar-refractivity contribution is 5.77. The van der Waals surface area contributed by atoms with Gasteiger partial charge in [-0.2, -0.15) is 0 Å². The van der Waals surface area contributed by atoms with E-state index in [0.29, 0.717) is 29.5 Å². The van der Waals surface area contributed by atoms with Crippen molar-refractivity contribution in [3.63, 3.8) is 0 Å². The van der Waals surface area contributed by atoms with Crippen LogP contribution in [0.5, 0.6) is 0 Å². The minimum atomic E-state index is -0.607. The molecule has 2 aliphatic rings. The van der Waals surface area contributed by atoms with Crippen LogP contribution in [0, 0.1) is 17.3 Å². The Morgan fingerprint density at radius 2 is 1.61 bits per heavy atom. The van der Waals surface area contributed by atoms with Crippen molar-refractivity contribution >= 4 is 12.1 Å². The minimum Gasteiger partial charge on any atom is -0.460 e. The summed E-state index contributed by atoms with van der Waals surface area (Å²) in [5.41, 5.74) is -0.168. The molecule has 1 aromatic heterocycles. The van der Waals surface area contributed by atoms with E-state index in [1.165, 1.54) is 6.42 Å². The summed E-state index contributed by atoms with van der Waals surface area (Å²) >= 11 is 0. The minimum absolute atomic E-state index is 0.244. The van der Waals surface area contributed by atoms with Gasteiger partial charge in [-0.05, 0) is 72.1 Å². The van der Waals surface area contributed by atoms with E-state index in [9.17, 15) is 9.59 Å². The van der Waals surface area contributed by atoms with Gasteiger partial charge >= 0.3 is 12.1 Å². The molecule has 1 amide bonds. The predicted octanol–water partition coefficient (Wildman–Crippen LogP) is 5.90. The van der Waals surface area contributed by atoms with Crippen LogP contribution in [-0.2, 0) is 14.3 Å². The number of esters is 1. The molecular weight excluding hydrogens is 420 g/mol. The molecule has 0 spiro atoms. The standard InChI is InChI=1S/C26H42N2O5/c1-24(2,3)13-16-10-17(11-16)21-12-20(27-33-21)18-14-28(23(30)32-26(7,8)9)15-19(18)22(29)31-25(4,5)6/h12,16-19H,10-11,13-15H2,1-9H3/t16-,17+,18-,19-/m0/s1. The van der Waals surface area contributed by atoms with E-state index in [1.54, 1.807) is 4.90 Å². The third kappa shape index (κ3) is 6.97. The van der Waals surface area contributed by atoms with Gasteiger partial charge in [-0.15, -0.1) is 0 Å². The van der Waals surface area contributed by atoms with Crippen LogP contribution in [0.2, 0.25) is 0 Å². The maximum absolute atomic E-state index is 13.0. The van der Waals surface area contributed by atoms with E-state index in [0.717, 1.165) is 18.6 Å². The number of rotatable bonds is 4. The van der Waals surface area contributed by atoms with Gasteiger partial charge in [-0.25, -0.2) is 4.79 Å². The molecule has 0 bridgehead atoms. The van der Waals surface area contributed by atoms with Crippen molar-refractivity contribution in [2.45, 2.75) is 105 Å². The third-order valence-electron chi connectivity index (χ3n) is 6.15. The number of likely N-dealkylation sites (tertiary alicyclic amines) is 1. The van der Waals surface area contributed by atoms with E-state index < -0.39 is 23.2 Å². The van der Waals surface area contributed by atoms with Crippen molar-refractivity contribution < 1.29 is 23.6 Å². The number of amides is 1. The first kappa shape index (κ1) is 25.6. The number of hydrogen-bond acceptors (Lipinski definition) is 6.